The van der Waals surface area contributed by atoms with E-state index in [2.05, 4.69) is 21.2 Å². The molecule has 1 rings (SSSR count). The molecule has 0 fully saturated rings. The second-order valence-corrected chi connectivity index (χ2v) is 4.98. The summed E-state index contributed by atoms with van der Waals surface area (Å²) in [6, 6.07) is 7.57. The van der Waals surface area contributed by atoms with Crippen LogP contribution in [0.3, 0.4) is 0 Å². The number of hydrogen-bond donors (Lipinski definition) is 2. The van der Waals surface area contributed by atoms with Crippen molar-refractivity contribution in [3.63, 3.8) is 0 Å². The third-order valence-corrected chi connectivity index (χ3v) is 3.16. The Bertz CT molecular complexity index is 417. The van der Waals surface area contributed by atoms with Crippen LogP contribution in [0.5, 0.6) is 0 Å². The number of benzene rings is 1. The quantitative estimate of drug-likeness (QED) is 0.793. The fourth-order valence-electron chi connectivity index (χ4n) is 1.51. The van der Waals surface area contributed by atoms with E-state index in [9.17, 15) is 9.59 Å². The molecule has 0 saturated heterocycles. The molecule has 0 unspecified atom stereocenters. The average Bonchev–Trinajstić information content (AvgIpc) is 2.34. The summed E-state index contributed by atoms with van der Waals surface area (Å²) in [5, 5.41) is 11.2. The van der Waals surface area contributed by atoms with E-state index in [0.717, 1.165) is 10.0 Å². The third-order valence-electron chi connectivity index (χ3n) is 2.63. The Kier molecular flexibility index (Phi) is 5.85. The number of amides is 1. The van der Waals surface area contributed by atoms with Crippen LogP contribution in [0.1, 0.15) is 31.2 Å². The number of rotatable bonds is 6. The van der Waals surface area contributed by atoms with Gasteiger partial charge in [-0.05, 0) is 31.0 Å². The van der Waals surface area contributed by atoms with Crippen LogP contribution >= 0.6 is 15.9 Å². The molecule has 0 heterocycles. The molecule has 1 aromatic rings. The maximum Gasteiger partial charge on any atom is 0.303 e. The van der Waals surface area contributed by atoms with E-state index >= 15 is 0 Å². The number of nitrogens with one attached hydrogen (secondary N) is 1. The van der Waals surface area contributed by atoms with Crippen molar-refractivity contribution in [2.24, 2.45) is 0 Å². The molecule has 0 radical (unpaired) electrons. The lowest BCUT2D eigenvalue weighted by Gasteiger charge is -2.12. The van der Waals surface area contributed by atoms with Crippen molar-refractivity contribution in [2.45, 2.75) is 25.7 Å². The fraction of sp³-hybridized carbons (Fsp3) is 0.385. The number of aliphatic carboxylic acids is 1. The number of halogens is 1. The summed E-state index contributed by atoms with van der Waals surface area (Å²) < 4.78 is 0.973. The van der Waals surface area contributed by atoms with E-state index in [1.807, 2.05) is 31.2 Å². The summed E-state index contributed by atoms with van der Waals surface area (Å²) in [7, 11) is 0. The van der Waals surface area contributed by atoms with Crippen LogP contribution in [0.4, 0.5) is 0 Å². The summed E-state index contributed by atoms with van der Waals surface area (Å²) in [6.07, 6.45) is 0.529. The molecule has 98 valence electrons. The third kappa shape index (κ3) is 4.87. The lowest BCUT2D eigenvalue weighted by atomic mass is 10.0. The minimum atomic E-state index is -0.842. The van der Waals surface area contributed by atoms with Gasteiger partial charge in [0.05, 0.1) is 5.92 Å². The Balaban J connectivity index is 2.41. The van der Waals surface area contributed by atoms with Gasteiger partial charge in [-0.25, -0.2) is 0 Å². The minimum Gasteiger partial charge on any atom is -0.481 e. The molecule has 0 aliphatic carbocycles. The number of hydrogen-bond acceptors (Lipinski definition) is 2. The Morgan fingerprint density at radius 1 is 1.33 bits per heavy atom. The zero-order chi connectivity index (χ0) is 13.5. The second-order valence-electron chi connectivity index (χ2n) is 4.06. The smallest absolute Gasteiger partial charge is 0.303 e. The predicted octanol–water partition coefficient (Wildman–Crippen LogP) is 2.53. The van der Waals surface area contributed by atoms with Gasteiger partial charge < -0.3 is 10.4 Å². The van der Waals surface area contributed by atoms with Gasteiger partial charge in [-0.15, -0.1) is 0 Å². The highest BCUT2D eigenvalue weighted by Crippen LogP contribution is 2.18. The van der Waals surface area contributed by atoms with E-state index < -0.39 is 5.97 Å². The molecular formula is C13H16BrNO3. The zero-order valence-corrected chi connectivity index (χ0v) is 11.7. The largest absolute Gasteiger partial charge is 0.481 e. The van der Waals surface area contributed by atoms with Gasteiger partial charge in [0.25, 0.3) is 0 Å². The van der Waals surface area contributed by atoms with Crippen molar-refractivity contribution in [3.8, 4) is 0 Å². The zero-order valence-electron chi connectivity index (χ0n) is 10.1. The van der Waals surface area contributed by atoms with Gasteiger partial charge in [0, 0.05) is 17.4 Å². The normalized spacial score (nSPS) is 11.9. The fourth-order valence-corrected chi connectivity index (χ4v) is 1.77. The first kappa shape index (κ1) is 14.7. The van der Waals surface area contributed by atoms with E-state index in [1.165, 1.54) is 0 Å². The summed E-state index contributed by atoms with van der Waals surface area (Å²) >= 11 is 3.34. The minimum absolute atomic E-state index is 0.0763. The van der Waals surface area contributed by atoms with E-state index in [0.29, 0.717) is 13.0 Å². The molecule has 18 heavy (non-hydrogen) atoms. The van der Waals surface area contributed by atoms with Crippen LogP contribution in [0.15, 0.2) is 28.7 Å². The van der Waals surface area contributed by atoms with E-state index in [4.69, 9.17) is 5.11 Å². The van der Waals surface area contributed by atoms with E-state index in [-0.39, 0.29) is 18.2 Å². The van der Waals surface area contributed by atoms with Crippen molar-refractivity contribution in [1.29, 1.82) is 0 Å². The van der Waals surface area contributed by atoms with Gasteiger partial charge >= 0.3 is 5.97 Å². The Labute approximate surface area is 115 Å². The lowest BCUT2D eigenvalue weighted by Crippen LogP contribution is -2.29. The van der Waals surface area contributed by atoms with Crippen LogP contribution < -0.4 is 5.32 Å². The van der Waals surface area contributed by atoms with Gasteiger partial charge in [0.15, 0.2) is 0 Å². The number of carboxylic acids is 1. The molecule has 1 aromatic carbocycles. The van der Waals surface area contributed by atoms with Crippen molar-refractivity contribution >= 4 is 27.8 Å². The highest BCUT2D eigenvalue weighted by atomic mass is 79.9. The first-order valence-corrected chi connectivity index (χ1v) is 6.55. The van der Waals surface area contributed by atoms with Gasteiger partial charge in [-0.2, -0.15) is 0 Å². The Hall–Kier alpha value is -1.36. The maximum absolute atomic E-state index is 11.8. The molecule has 0 aliphatic heterocycles. The van der Waals surface area contributed by atoms with Crippen molar-refractivity contribution in [1.82, 2.24) is 5.32 Å². The van der Waals surface area contributed by atoms with Crippen molar-refractivity contribution < 1.29 is 14.7 Å². The molecule has 1 amide bonds. The molecule has 2 N–H and O–H groups in total. The first-order chi connectivity index (χ1) is 8.50. The van der Waals surface area contributed by atoms with Gasteiger partial charge in [-0.3, -0.25) is 9.59 Å². The number of carbonyl (C=O) groups is 2. The average molecular weight is 314 g/mol. The lowest BCUT2D eigenvalue weighted by molar-refractivity contribution is -0.137. The van der Waals surface area contributed by atoms with Crippen LogP contribution in [-0.2, 0) is 9.59 Å². The maximum atomic E-state index is 11.8. The highest BCUT2D eigenvalue weighted by Gasteiger charge is 2.14. The van der Waals surface area contributed by atoms with Gasteiger partial charge in [-0.1, -0.05) is 28.1 Å². The van der Waals surface area contributed by atoms with Gasteiger partial charge in [0.2, 0.25) is 5.91 Å². The number of carboxylic acid groups (broad SMARTS) is 1. The molecule has 5 heteroatoms. The molecule has 1 atom stereocenters. The summed E-state index contributed by atoms with van der Waals surface area (Å²) in [4.78, 5) is 22.1. The predicted molar refractivity (Wildman–Crippen MR) is 72.4 cm³/mol. The van der Waals surface area contributed by atoms with E-state index in [1.54, 1.807) is 0 Å². The van der Waals surface area contributed by atoms with Crippen molar-refractivity contribution in [3.05, 3.63) is 34.3 Å². The summed E-state index contributed by atoms with van der Waals surface area (Å²) in [5.41, 5.74) is 0.939. The molecule has 4 nitrogen and oxygen atoms in total. The first-order valence-electron chi connectivity index (χ1n) is 5.75. The standard InChI is InChI=1S/C13H16BrNO3/c1-9(10-4-6-11(14)7-5-10)13(18)15-8-2-3-12(16)17/h4-7,9H,2-3,8H2,1H3,(H,15,18)(H,16,17)/t9-/m0/s1. The van der Waals surface area contributed by atoms with Crippen LogP contribution in [-0.4, -0.2) is 23.5 Å². The second kappa shape index (κ2) is 7.16. The molecule has 0 aromatic heterocycles. The Morgan fingerprint density at radius 3 is 2.50 bits per heavy atom. The SMILES string of the molecule is C[C@H](C(=O)NCCCC(=O)O)c1ccc(Br)cc1. The topological polar surface area (TPSA) is 66.4 Å². The summed E-state index contributed by atoms with van der Waals surface area (Å²) in [6.45, 7) is 2.22. The monoisotopic (exact) mass is 313 g/mol. The highest BCUT2D eigenvalue weighted by molar-refractivity contribution is 9.10. The molecule has 0 spiro atoms. The molecular weight excluding hydrogens is 298 g/mol. The van der Waals surface area contributed by atoms with Crippen molar-refractivity contribution in [2.75, 3.05) is 6.54 Å². The molecule has 0 aliphatic rings. The van der Waals surface area contributed by atoms with Crippen LogP contribution in [0.2, 0.25) is 0 Å². The summed E-state index contributed by atoms with van der Waals surface area (Å²) in [5.74, 6) is -1.16. The number of carbonyl (C=O) groups excluding carboxylic acids is 1. The van der Waals surface area contributed by atoms with Crippen LogP contribution in [0, 0.1) is 0 Å². The Morgan fingerprint density at radius 2 is 1.94 bits per heavy atom. The van der Waals surface area contributed by atoms with Gasteiger partial charge in [0.1, 0.15) is 0 Å². The molecule has 0 bridgehead atoms. The molecule has 0 saturated carbocycles. The van der Waals surface area contributed by atoms with Crippen LogP contribution in [0.25, 0.3) is 0 Å².